The van der Waals surface area contributed by atoms with Gasteiger partial charge in [-0.2, -0.15) is 0 Å². The molecule has 1 atom stereocenters. The van der Waals surface area contributed by atoms with E-state index in [-0.39, 0.29) is 24.5 Å². The van der Waals surface area contributed by atoms with Crippen molar-refractivity contribution in [3.63, 3.8) is 0 Å². The standard InChI is InChI=1S/C22H18N2O4/c25-20(23-11-15-13-27-18-9-1-2-10-19(18)28-15)12-24-17-8-4-6-14-5-3-7-16(21(14)17)22(24)26/h1-10,15H,11-13H2,(H,23,25)/t15-/m0/s1. The molecule has 6 nitrogen and oxygen atoms in total. The third kappa shape index (κ3) is 2.74. The molecule has 2 heterocycles. The lowest BCUT2D eigenvalue weighted by atomic mass is 10.1. The topological polar surface area (TPSA) is 67.9 Å². The highest BCUT2D eigenvalue weighted by Gasteiger charge is 2.31. The molecule has 28 heavy (non-hydrogen) atoms. The second-order valence-electron chi connectivity index (χ2n) is 6.87. The molecule has 2 aliphatic rings. The summed E-state index contributed by atoms with van der Waals surface area (Å²) in [5.41, 5.74) is 1.42. The number of para-hydroxylation sites is 2. The number of fused-ring (bicyclic) bond motifs is 1. The first-order valence-electron chi connectivity index (χ1n) is 9.19. The Kier molecular flexibility index (Phi) is 3.90. The molecule has 0 spiro atoms. The fourth-order valence-corrected chi connectivity index (χ4v) is 3.73. The van der Waals surface area contributed by atoms with Crippen molar-refractivity contribution in [2.75, 3.05) is 24.6 Å². The van der Waals surface area contributed by atoms with E-state index >= 15 is 0 Å². The zero-order valence-corrected chi connectivity index (χ0v) is 15.1. The maximum absolute atomic E-state index is 12.8. The van der Waals surface area contributed by atoms with E-state index in [4.69, 9.17) is 9.47 Å². The molecule has 0 saturated carbocycles. The van der Waals surface area contributed by atoms with E-state index < -0.39 is 0 Å². The predicted octanol–water partition coefficient (Wildman–Crippen LogP) is 2.76. The van der Waals surface area contributed by atoms with Crippen molar-refractivity contribution < 1.29 is 19.1 Å². The molecule has 0 fully saturated rings. The number of nitrogens with zero attached hydrogens (tertiary/aromatic N) is 1. The van der Waals surface area contributed by atoms with Crippen LogP contribution in [0.5, 0.6) is 11.5 Å². The highest BCUT2D eigenvalue weighted by molar-refractivity contribution is 6.26. The van der Waals surface area contributed by atoms with Crippen molar-refractivity contribution in [3.05, 3.63) is 66.2 Å². The summed E-state index contributed by atoms with van der Waals surface area (Å²) in [4.78, 5) is 26.8. The molecular weight excluding hydrogens is 356 g/mol. The van der Waals surface area contributed by atoms with Gasteiger partial charge in [-0.25, -0.2) is 0 Å². The van der Waals surface area contributed by atoms with E-state index in [9.17, 15) is 9.59 Å². The molecule has 0 bridgehead atoms. The second-order valence-corrected chi connectivity index (χ2v) is 6.87. The van der Waals surface area contributed by atoms with Crippen molar-refractivity contribution in [2.45, 2.75) is 6.10 Å². The highest BCUT2D eigenvalue weighted by atomic mass is 16.6. The van der Waals surface area contributed by atoms with Crippen LogP contribution in [0.1, 0.15) is 10.4 Å². The molecule has 0 saturated heterocycles. The van der Waals surface area contributed by atoms with E-state index in [1.54, 1.807) is 6.07 Å². The molecule has 6 heteroatoms. The monoisotopic (exact) mass is 374 g/mol. The number of ether oxygens (including phenoxy) is 2. The maximum Gasteiger partial charge on any atom is 0.259 e. The summed E-state index contributed by atoms with van der Waals surface area (Å²) in [7, 11) is 0. The third-order valence-corrected chi connectivity index (χ3v) is 5.05. The number of hydrogen-bond acceptors (Lipinski definition) is 4. The van der Waals surface area contributed by atoms with Crippen molar-refractivity contribution in [1.29, 1.82) is 0 Å². The van der Waals surface area contributed by atoms with Crippen LogP contribution in [-0.4, -0.2) is 37.6 Å². The molecule has 5 rings (SSSR count). The lowest BCUT2D eigenvalue weighted by Gasteiger charge is -2.26. The van der Waals surface area contributed by atoms with Crippen LogP contribution in [0.4, 0.5) is 5.69 Å². The first kappa shape index (κ1) is 16.6. The molecule has 2 aliphatic heterocycles. The highest BCUT2D eigenvalue weighted by Crippen LogP contribution is 2.37. The molecule has 3 aromatic carbocycles. The fourth-order valence-electron chi connectivity index (χ4n) is 3.73. The summed E-state index contributed by atoms with van der Waals surface area (Å²) in [6, 6.07) is 18.8. The van der Waals surface area contributed by atoms with Crippen molar-refractivity contribution in [2.24, 2.45) is 0 Å². The Bertz CT molecular complexity index is 1090. The minimum absolute atomic E-state index is 0.0310. The summed E-state index contributed by atoms with van der Waals surface area (Å²) >= 11 is 0. The van der Waals surface area contributed by atoms with Crippen LogP contribution in [0.15, 0.2) is 60.7 Å². The smallest absolute Gasteiger partial charge is 0.259 e. The van der Waals surface area contributed by atoms with E-state index in [0.717, 1.165) is 16.5 Å². The maximum atomic E-state index is 12.8. The Balaban J connectivity index is 1.25. The molecule has 0 aliphatic carbocycles. The van der Waals surface area contributed by atoms with Gasteiger partial charge in [0.1, 0.15) is 19.3 Å². The van der Waals surface area contributed by atoms with Crippen molar-refractivity contribution in [1.82, 2.24) is 5.32 Å². The molecule has 1 N–H and O–H groups in total. The minimum Gasteiger partial charge on any atom is -0.486 e. The lowest BCUT2D eigenvalue weighted by molar-refractivity contribution is -0.120. The number of carbonyl (C=O) groups excluding carboxylic acids is 2. The van der Waals surface area contributed by atoms with Crippen LogP contribution < -0.4 is 19.7 Å². The Morgan fingerprint density at radius 2 is 1.82 bits per heavy atom. The predicted molar refractivity (Wildman–Crippen MR) is 105 cm³/mol. The number of carbonyl (C=O) groups is 2. The number of nitrogens with one attached hydrogen (secondary N) is 1. The Morgan fingerprint density at radius 1 is 1.04 bits per heavy atom. The van der Waals surface area contributed by atoms with E-state index in [2.05, 4.69) is 5.32 Å². The normalized spacial score (nSPS) is 17.1. The molecule has 140 valence electrons. The van der Waals surface area contributed by atoms with Gasteiger partial charge in [0.05, 0.1) is 12.2 Å². The van der Waals surface area contributed by atoms with Crippen molar-refractivity contribution >= 4 is 28.3 Å². The fraction of sp³-hybridized carbons (Fsp3) is 0.182. The first-order valence-corrected chi connectivity index (χ1v) is 9.19. The second kappa shape index (κ2) is 6.56. The van der Waals surface area contributed by atoms with Gasteiger partial charge in [-0.15, -0.1) is 0 Å². The van der Waals surface area contributed by atoms with Gasteiger partial charge in [-0.3, -0.25) is 14.5 Å². The Morgan fingerprint density at radius 3 is 2.68 bits per heavy atom. The average Bonchev–Trinajstić information content (AvgIpc) is 3.00. The van der Waals surface area contributed by atoms with Gasteiger partial charge in [0.25, 0.3) is 5.91 Å². The van der Waals surface area contributed by atoms with Crippen LogP contribution in [-0.2, 0) is 4.79 Å². The molecular formula is C22H18N2O4. The number of rotatable bonds is 4. The van der Waals surface area contributed by atoms with Gasteiger partial charge in [0.15, 0.2) is 11.5 Å². The summed E-state index contributed by atoms with van der Waals surface area (Å²) in [5, 5.41) is 4.76. The zero-order chi connectivity index (χ0) is 19.1. The number of amides is 2. The van der Waals surface area contributed by atoms with Gasteiger partial charge in [-0.1, -0.05) is 36.4 Å². The Hall–Kier alpha value is -3.54. The van der Waals surface area contributed by atoms with E-state index in [1.807, 2.05) is 54.6 Å². The van der Waals surface area contributed by atoms with E-state index in [0.29, 0.717) is 30.2 Å². The van der Waals surface area contributed by atoms with Crippen molar-refractivity contribution in [3.8, 4) is 11.5 Å². The number of benzene rings is 3. The van der Waals surface area contributed by atoms with Crippen LogP contribution >= 0.6 is 0 Å². The number of hydrogen-bond donors (Lipinski definition) is 1. The van der Waals surface area contributed by atoms with Crippen LogP contribution in [0.2, 0.25) is 0 Å². The Labute approximate surface area is 161 Å². The summed E-state index contributed by atoms with van der Waals surface area (Å²) in [6.07, 6.45) is -0.270. The van der Waals surface area contributed by atoms with Crippen LogP contribution in [0.3, 0.4) is 0 Å². The SMILES string of the molecule is O=C(CN1C(=O)c2cccc3cccc1c23)NC[C@H]1COc2ccccc2O1. The quantitative estimate of drug-likeness (QED) is 0.763. The molecule has 0 radical (unpaired) electrons. The molecule has 3 aromatic rings. The average molecular weight is 374 g/mol. The minimum atomic E-state index is -0.270. The molecule has 2 amide bonds. The zero-order valence-electron chi connectivity index (χ0n) is 15.1. The lowest BCUT2D eigenvalue weighted by Crippen LogP contribution is -2.45. The third-order valence-electron chi connectivity index (χ3n) is 5.05. The largest absolute Gasteiger partial charge is 0.486 e. The van der Waals surface area contributed by atoms with Crippen LogP contribution in [0, 0.1) is 0 Å². The number of anilines is 1. The molecule has 0 aromatic heterocycles. The summed E-state index contributed by atoms with van der Waals surface area (Å²) < 4.78 is 11.5. The first-order chi connectivity index (χ1) is 13.7. The summed E-state index contributed by atoms with van der Waals surface area (Å²) in [5.74, 6) is 0.997. The summed E-state index contributed by atoms with van der Waals surface area (Å²) in [6.45, 7) is 0.647. The van der Waals surface area contributed by atoms with Crippen LogP contribution in [0.25, 0.3) is 10.8 Å². The van der Waals surface area contributed by atoms with Gasteiger partial charge < -0.3 is 14.8 Å². The molecule has 0 unspecified atom stereocenters. The van der Waals surface area contributed by atoms with Gasteiger partial charge in [0, 0.05) is 10.9 Å². The van der Waals surface area contributed by atoms with Gasteiger partial charge >= 0.3 is 0 Å². The van der Waals surface area contributed by atoms with Gasteiger partial charge in [-0.05, 0) is 29.7 Å². The van der Waals surface area contributed by atoms with E-state index in [1.165, 1.54) is 4.90 Å². The van der Waals surface area contributed by atoms with Gasteiger partial charge in [0.2, 0.25) is 5.91 Å².